The zero-order valence-corrected chi connectivity index (χ0v) is 8.14. The third-order valence-electron chi connectivity index (χ3n) is 1.65. The van der Waals surface area contributed by atoms with Crippen LogP contribution in [-0.2, 0) is 9.84 Å². The number of allylic oxidation sites excluding steroid dienone is 1. The molecule has 0 atom stereocenters. The van der Waals surface area contributed by atoms with Crippen LogP contribution in [0.25, 0.3) is 0 Å². The Morgan fingerprint density at radius 1 is 1.31 bits per heavy atom. The van der Waals surface area contributed by atoms with Crippen LogP contribution in [-0.4, -0.2) is 8.42 Å². The van der Waals surface area contributed by atoms with Gasteiger partial charge in [0.25, 0.3) is 0 Å². The van der Waals surface area contributed by atoms with Crippen LogP contribution >= 0.6 is 0 Å². The van der Waals surface area contributed by atoms with Crippen molar-refractivity contribution in [2.75, 3.05) is 5.73 Å². The van der Waals surface area contributed by atoms with Crippen molar-refractivity contribution in [3.8, 4) is 0 Å². The number of hydrogen-bond acceptors (Lipinski definition) is 3. The third kappa shape index (κ3) is 1.89. The molecule has 1 rings (SSSR count). The van der Waals surface area contributed by atoms with E-state index in [-0.39, 0.29) is 9.80 Å². The van der Waals surface area contributed by atoms with Gasteiger partial charge in [0.15, 0.2) is 0 Å². The molecular formula is C9H11NO2S. The van der Waals surface area contributed by atoms with E-state index in [4.69, 9.17) is 5.73 Å². The maximum Gasteiger partial charge on any atom is 0.201 e. The summed E-state index contributed by atoms with van der Waals surface area (Å²) in [6.45, 7) is 4.87. The summed E-state index contributed by atoms with van der Waals surface area (Å²) >= 11 is 0. The van der Waals surface area contributed by atoms with Crippen LogP contribution in [0.4, 0.5) is 5.69 Å². The molecule has 1 aromatic rings. The number of benzene rings is 1. The van der Waals surface area contributed by atoms with E-state index in [0.29, 0.717) is 5.69 Å². The summed E-state index contributed by atoms with van der Waals surface area (Å²) in [5.74, 6) is 0. The number of rotatable bonds is 2. The van der Waals surface area contributed by atoms with Crippen LogP contribution in [0.15, 0.2) is 40.6 Å². The van der Waals surface area contributed by atoms with Gasteiger partial charge in [-0.05, 0) is 31.2 Å². The summed E-state index contributed by atoms with van der Waals surface area (Å²) in [6.07, 6.45) is 0. The van der Waals surface area contributed by atoms with Gasteiger partial charge in [-0.2, -0.15) is 0 Å². The SMILES string of the molecule is C=C(C)S(=O)(=O)c1ccc(N)cc1. The van der Waals surface area contributed by atoms with E-state index in [2.05, 4.69) is 6.58 Å². The lowest BCUT2D eigenvalue weighted by Gasteiger charge is -2.02. The first-order valence-electron chi connectivity index (χ1n) is 3.71. The van der Waals surface area contributed by atoms with Crippen LogP contribution in [0.5, 0.6) is 0 Å². The number of nitrogens with two attached hydrogens (primary N) is 1. The normalized spacial score (nSPS) is 11.2. The fourth-order valence-electron chi connectivity index (χ4n) is 0.848. The summed E-state index contributed by atoms with van der Waals surface area (Å²) in [4.78, 5) is 0.367. The molecule has 0 bridgehead atoms. The van der Waals surface area contributed by atoms with Gasteiger partial charge in [0.05, 0.1) is 4.90 Å². The highest BCUT2D eigenvalue weighted by Gasteiger charge is 2.14. The first kappa shape index (κ1) is 9.80. The minimum absolute atomic E-state index is 0.136. The molecule has 0 saturated heterocycles. The fraction of sp³-hybridized carbons (Fsp3) is 0.111. The van der Waals surface area contributed by atoms with Crippen molar-refractivity contribution < 1.29 is 8.42 Å². The topological polar surface area (TPSA) is 60.2 Å². The van der Waals surface area contributed by atoms with E-state index in [0.717, 1.165) is 0 Å². The van der Waals surface area contributed by atoms with Crippen molar-refractivity contribution in [1.29, 1.82) is 0 Å². The summed E-state index contributed by atoms with van der Waals surface area (Å²) < 4.78 is 23.0. The first-order chi connectivity index (χ1) is 5.94. The Bertz CT molecular complexity index is 417. The molecule has 0 unspecified atom stereocenters. The van der Waals surface area contributed by atoms with E-state index in [1.807, 2.05) is 0 Å². The molecule has 0 aliphatic rings. The lowest BCUT2D eigenvalue weighted by atomic mass is 10.3. The second-order valence-electron chi connectivity index (χ2n) is 2.77. The molecule has 0 aliphatic carbocycles. The molecule has 0 spiro atoms. The van der Waals surface area contributed by atoms with Crippen molar-refractivity contribution >= 4 is 15.5 Å². The molecular weight excluding hydrogens is 186 g/mol. The Kier molecular flexibility index (Phi) is 2.43. The molecule has 0 radical (unpaired) electrons. The van der Waals surface area contributed by atoms with Gasteiger partial charge >= 0.3 is 0 Å². The van der Waals surface area contributed by atoms with Gasteiger partial charge in [-0.15, -0.1) is 0 Å². The highest BCUT2D eigenvalue weighted by Crippen LogP contribution is 2.18. The minimum atomic E-state index is -3.34. The minimum Gasteiger partial charge on any atom is -0.399 e. The monoisotopic (exact) mass is 197 g/mol. The number of hydrogen-bond donors (Lipinski definition) is 1. The Labute approximate surface area is 77.8 Å². The lowest BCUT2D eigenvalue weighted by molar-refractivity contribution is 0.602. The molecule has 13 heavy (non-hydrogen) atoms. The molecule has 0 saturated carbocycles. The van der Waals surface area contributed by atoms with Gasteiger partial charge in [0, 0.05) is 10.6 Å². The zero-order chi connectivity index (χ0) is 10.1. The van der Waals surface area contributed by atoms with Crippen LogP contribution in [0.1, 0.15) is 6.92 Å². The van der Waals surface area contributed by atoms with Crippen LogP contribution in [0.3, 0.4) is 0 Å². The average molecular weight is 197 g/mol. The molecule has 0 aliphatic heterocycles. The predicted octanol–water partition coefficient (Wildman–Crippen LogP) is 1.58. The van der Waals surface area contributed by atoms with Crippen LogP contribution in [0.2, 0.25) is 0 Å². The van der Waals surface area contributed by atoms with E-state index in [1.54, 1.807) is 12.1 Å². The van der Waals surface area contributed by atoms with Crippen molar-refractivity contribution in [2.45, 2.75) is 11.8 Å². The smallest absolute Gasteiger partial charge is 0.201 e. The van der Waals surface area contributed by atoms with E-state index in [1.165, 1.54) is 19.1 Å². The Hall–Kier alpha value is -1.29. The maximum atomic E-state index is 11.5. The molecule has 0 aromatic heterocycles. The van der Waals surface area contributed by atoms with Crippen molar-refractivity contribution in [3.05, 3.63) is 35.7 Å². The Balaban J connectivity index is 3.25. The van der Waals surface area contributed by atoms with Gasteiger partial charge in [0.2, 0.25) is 9.84 Å². The largest absolute Gasteiger partial charge is 0.399 e. The molecule has 0 fully saturated rings. The van der Waals surface area contributed by atoms with E-state index < -0.39 is 9.84 Å². The van der Waals surface area contributed by atoms with Gasteiger partial charge in [-0.3, -0.25) is 0 Å². The quantitative estimate of drug-likeness (QED) is 0.732. The highest BCUT2D eigenvalue weighted by atomic mass is 32.2. The summed E-state index contributed by atoms with van der Waals surface area (Å²) in [6, 6.07) is 6.05. The molecule has 4 heteroatoms. The fourth-order valence-corrected chi connectivity index (χ4v) is 1.74. The Morgan fingerprint density at radius 2 is 1.77 bits per heavy atom. The van der Waals surface area contributed by atoms with Crippen LogP contribution < -0.4 is 5.73 Å². The standard InChI is InChI=1S/C9H11NO2S/c1-7(2)13(11,12)9-5-3-8(10)4-6-9/h3-6H,1,10H2,2H3. The molecule has 2 N–H and O–H groups in total. The van der Waals surface area contributed by atoms with Crippen molar-refractivity contribution in [1.82, 2.24) is 0 Å². The van der Waals surface area contributed by atoms with Crippen molar-refractivity contribution in [2.24, 2.45) is 0 Å². The second kappa shape index (κ2) is 3.22. The Morgan fingerprint density at radius 3 is 2.15 bits per heavy atom. The highest BCUT2D eigenvalue weighted by molar-refractivity contribution is 7.95. The van der Waals surface area contributed by atoms with Gasteiger partial charge in [0.1, 0.15) is 0 Å². The van der Waals surface area contributed by atoms with Crippen LogP contribution in [0, 0.1) is 0 Å². The van der Waals surface area contributed by atoms with Gasteiger partial charge in [-0.1, -0.05) is 6.58 Å². The maximum absolute atomic E-state index is 11.5. The van der Waals surface area contributed by atoms with E-state index in [9.17, 15) is 8.42 Å². The third-order valence-corrected chi connectivity index (χ3v) is 3.46. The average Bonchev–Trinajstić information content (AvgIpc) is 2.04. The summed E-state index contributed by atoms with van der Waals surface area (Å²) in [5.41, 5.74) is 5.97. The van der Waals surface area contributed by atoms with Crippen molar-refractivity contribution in [3.63, 3.8) is 0 Å². The summed E-state index contributed by atoms with van der Waals surface area (Å²) in [5, 5.41) is 0. The van der Waals surface area contributed by atoms with Gasteiger partial charge in [-0.25, -0.2) is 8.42 Å². The number of sulfone groups is 1. The first-order valence-corrected chi connectivity index (χ1v) is 5.19. The molecule has 1 aromatic carbocycles. The molecule has 70 valence electrons. The molecule has 3 nitrogen and oxygen atoms in total. The molecule has 0 heterocycles. The lowest BCUT2D eigenvalue weighted by Crippen LogP contribution is -2.01. The second-order valence-corrected chi connectivity index (χ2v) is 4.95. The molecule has 0 amide bonds. The number of anilines is 1. The van der Waals surface area contributed by atoms with Gasteiger partial charge < -0.3 is 5.73 Å². The van der Waals surface area contributed by atoms with E-state index >= 15 is 0 Å². The predicted molar refractivity (Wildman–Crippen MR) is 52.9 cm³/mol. The number of nitrogen functional groups attached to an aromatic ring is 1. The zero-order valence-electron chi connectivity index (χ0n) is 7.32. The summed E-state index contributed by atoms with van der Waals surface area (Å²) in [7, 11) is -3.34.